The molecule has 0 aliphatic carbocycles. The largest absolute Gasteiger partial charge is 0.492 e. The van der Waals surface area contributed by atoms with E-state index in [1.807, 2.05) is 13.0 Å². The first-order chi connectivity index (χ1) is 9.84. The van der Waals surface area contributed by atoms with Crippen molar-refractivity contribution in [3.05, 3.63) is 28.2 Å². The Balaban J connectivity index is 2.38. The average molecular weight is 357 g/mol. The van der Waals surface area contributed by atoms with Crippen molar-refractivity contribution in [2.45, 2.75) is 39.5 Å². The summed E-state index contributed by atoms with van der Waals surface area (Å²) in [6, 6.07) is 6.05. The van der Waals surface area contributed by atoms with E-state index in [-0.39, 0.29) is 11.4 Å². The summed E-state index contributed by atoms with van der Waals surface area (Å²) in [5.74, 6) is 0.834. The van der Waals surface area contributed by atoms with Crippen LogP contribution in [0, 0.1) is 0 Å². The van der Waals surface area contributed by atoms with Crippen LogP contribution in [-0.4, -0.2) is 25.7 Å². The molecule has 0 aliphatic heterocycles. The molecular formula is C16H25BrN2O2. The first-order valence-electron chi connectivity index (χ1n) is 7.29. The third-order valence-electron chi connectivity index (χ3n) is 3.00. The maximum atomic E-state index is 11.2. The molecular weight excluding hydrogens is 332 g/mol. The van der Waals surface area contributed by atoms with Crippen molar-refractivity contribution in [1.29, 1.82) is 0 Å². The number of nitrogens with one attached hydrogen (secondary N) is 2. The maximum Gasteiger partial charge on any atom is 0.314 e. The summed E-state index contributed by atoms with van der Waals surface area (Å²) in [4.78, 5) is 11.2. The Morgan fingerprint density at radius 2 is 2.00 bits per heavy atom. The lowest BCUT2D eigenvalue weighted by Crippen LogP contribution is -2.36. The molecule has 0 radical (unpaired) electrons. The van der Waals surface area contributed by atoms with E-state index in [1.54, 1.807) is 0 Å². The molecule has 0 heterocycles. The summed E-state index contributed by atoms with van der Waals surface area (Å²) in [5.41, 5.74) is 1.39. The van der Waals surface area contributed by atoms with Gasteiger partial charge in [0.25, 0.3) is 0 Å². The molecule has 2 amide bonds. The molecule has 0 aromatic heterocycles. The lowest BCUT2D eigenvalue weighted by molar-refractivity contribution is 0.239. The van der Waals surface area contributed by atoms with Crippen LogP contribution >= 0.6 is 15.9 Å². The Hall–Kier alpha value is -1.23. The minimum Gasteiger partial charge on any atom is -0.492 e. The van der Waals surface area contributed by atoms with Crippen molar-refractivity contribution in [1.82, 2.24) is 10.6 Å². The number of amides is 2. The topological polar surface area (TPSA) is 50.4 Å². The van der Waals surface area contributed by atoms with Gasteiger partial charge in [-0.2, -0.15) is 0 Å². The Bertz CT molecular complexity index is 470. The van der Waals surface area contributed by atoms with Crippen LogP contribution in [0.3, 0.4) is 0 Å². The highest BCUT2D eigenvalue weighted by Crippen LogP contribution is 2.31. The number of urea groups is 1. The number of halogens is 1. The van der Waals surface area contributed by atoms with Crippen LogP contribution in [0.5, 0.6) is 5.75 Å². The molecule has 1 aromatic rings. The normalized spacial score (nSPS) is 11.1. The second-order valence-corrected chi connectivity index (χ2v) is 6.74. The first kappa shape index (κ1) is 17.8. The van der Waals surface area contributed by atoms with Crippen LogP contribution in [0.15, 0.2) is 22.7 Å². The van der Waals surface area contributed by atoms with Crippen molar-refractivity contribution in [2.24, 2.45) is 0 Å². The van der Waals surface area contributed by atoms with Crippen LogP contribution in [0.4, 0.5) is 4.79 Å². The Labute approximate surface area is 135 Å². The Kier molecular flexibility index (Phi) is 7.02. The molecule has 0 unspecified atom stereocenters. The average Bonchev–Trinajstić information content (AvgIpc) is 2.39. The fraction of sp³-hybridized carbons (Fsp3) is 0.562. The number of carbonyl (C=O) groups excluding carboxylic acids is 1. The summed E-state index contributed by atoms with van der Waals surface area (Å²) < 4.78 is 6.69. The molecule has 0 fully saturated rings. The quantitative estimate of drug-likeness (QED) is 0.760. The summed E-state index contributed by atoms with van der Waals surface area (Å²) >= 11 is 3.55. The van der Waals surface area contributed by atoms with Gasteiger partial charge in [-0.25, -0.2) is 4.79 Å². The Morgan fingerprint density at radius 3 is 2.57 bits per heavy atom. The van der Waals surface area contributed by atoms with Crippen molar-refractivity contribution in [2.75, 3.05) is 19.7 Å². The number of carbonyl (C=O) groups is 1. The van der Waals surface area contributed by atoms with Crippen molar-refractivity contribution < 1.29 is 9.53 Å². The first-order valence-corrected chi connectivity index (χ1v) is 8.08. The van der Waals surface area contributed by atoms with E-state index < -0.39 is 0 Å². The third-order valence-corrected chi connectivity index (χ3v) is 3.62. The number of benzene rings is 1. The van der Waals surface area contributed by atoms with E-state index in [0.717, 1.165) is 16.6 Å². The van der Waals surface area contributed by atoms with Crippen molar-refractivity contribution in [3.63, 3.8) is 0 Å². The summed E-state index contributed by atoms with van der Waals surface area (Å²) in [6.07, 6.45) is 0.768. The third kappa shape index (κ3) is 6.38. The molecule has 0 atom stereocenters. The van der Waals surface area contributed by atoms with Crippen LogP contribution in [-0.2, 0) is 5.41 Å². The van der Waals surface area contributed by atoms with Crippen LogP contribution in [0.25, 0.3) is 0 Å². The number of ether oxygens (including phenoxy) is 1. The van der Waals surface area contributed by atoms with Gasteiger partial charge in [-0.3, -0.25) is 0 Å². The lowest BCUT2D eigenvalue weighted by Gasteiger charge is -2.20. The van der Waals surface area contributed by atoms with Crippen molar-refractivity contribution >= 4 is 22.0 Å². The monoisotopic (exact) mass is 356 g/mol. The van der Waals surface area contributed by atoms with Crippen LogP contribution < -0.4 is 15.4 Å². The zero-order valence-corrected chi connectivity index (χ0v) is 14.8. The molecule has 0 bridgehead atoms. The van der Waals surface area contributed by atoms with Gasteiger partial charge in [0.05, 0.1) is 11.1 Å². The van der Waals surface area contributed by atoms with E-state index in [2.05, 4.69) is 59.5 Å². The van der Waals surface area contributed by atoms with Gasteiger partial charge in [-0.15, -0.1) is 0 Å². The van der Waals surface area contributed by atoms with Gasteiger partial charge in [0.15, 0.2) is 0 Å². The second-order valence-electron chi connectivity index (χ2n) is 5.88. The zero-order valence-electron chi connectivity index (χ0n) is 13.3. The van der Waals surface area contributed by atoms with Gasteiger partial charge >= 0.3 is 6.03 Å². The predicted octanol–water partition coefficient (Wildman–Crippen LogP) is 3.83. The van der Waals surface area contributed by atoms with Gasteiger partial charge in [-0.05, 0) is 52.4 Å². The minimum absolute atomic E-state index is 0.123. The summed E-state index contributed by atoms with van der Waals surface area (Å²) in [5, 5.41) is 5.46. The molecule has 5 heteroatoms. The van der Waals surface area contributed by atoms with E-state index in [1.165, 1.54) is 5.56 Å². The zero-order chi connectivity index (χ0) is 15.9. The molecule has 4 nitrogen and oxygen atoms in total. The number of hydrogen-bond acceptors (Lipinski definition) is 2. The van der Waals surface area contributed by atoms with Crippen LogP contribution in [0.1, 0.15) is 39.7 Å². The molecule has 0 saturated carbocycles. The van der Waals surface area contributed by atoms with Gasteiger partial charge in [0.1, 0.15) is 5.75 Å². The molecule has 2 N–H and O–H groups in total. The molecule has 0 aliphatic rings. The molecule has 1 aromatic carbocycles. The SMILES string of the molecule is CCNC(=O)NCCCOc1ccc(C(C)(C)C)cc1Br. The number of hydrogen-bond donors (Lipinski definition) is 2. The second kappa shape index (κ2) is 8.27. The van der Waals surface area contributed by atoms with Crippen LogP contribution in [0.2, 0.25) is 0 Å². The highest BCUT2D eigenvalue weighted by atomic mass is 79.9. The van der Waals surface area contributed by atoms with Gasteiger partial charge < -0.3 is 15.4 Å². The fourth-order valence-corrected chi connectivity index (χ4v) is 2.26. The van der Waals surface area contributed by atoms with E-state index >= 15 is 0 Å². The standard InChI is InChI=1S/C16H25BrN2O2/c1-5-18-15(20)19-9-6-10-21-14-8-7-12(11-13(14)17)16(2,3)4/h7-8,11H,5-6,9-10H2,1-4H3,(H2,18,19,20). The van der Waals surface area contributed by atoms with Gasteiger partial charge in [-0.1, -0.05) is 26.8 Å². The molecule has 0 spiro atoms. The maximum absolute atomic E-state index is 11.2. The van der Waals surface area contributed by atoms with E-state index in [9.17, 15) is 4.79 Å². The van der Waals surface area contributed by atoms with Crippen molar-refractivity contribution in [3.8, 4) is 5.75 Å². The smallest absolute Gasteiger partial charge is 0.314 e. The van der Waals surface area contributed by atoms with E-state index in [0.29, 0.717) is 19.7 Å². The number of rotatable bonds is 6. The van der Waals surface area contributed by atoms with Gasteiger partial charge in [0, 0.05) is 13.1 Å². The predicted molar refractivity (Wildman–Crippen MR) is 90.0 cm³/mol. The minimum atomic E-state index is -0.131. The highest BCUT2D eigenvalue weighted by Gasteiger charge is 2.15. The molecule has 1 rings (SSSR count). The Morgan fingerprint density at radius 1 is 1.29 bits per heavy atom. The molecule has 118 valence electrons. The summed E-state index contributed by atoms with van der Waals surface area (Å²) in [6.45, 7) is 10.2. The lowest BCUT2D eigenvalue weighted by atomic mass is 9.87. The van der Waals surface area contributed by atoms with Gasteiger partial charge in [0.2, 0.25) is 0 Å². The van der Waals surface area contributed by atoms with E-state index in [4.69, 9.17) is 4.74 Å². The molecule has 0 saturated heterocycles. The fourth-order valence-electron chi connectivity index (χ4n) is 1.76. The summed E-state index contributed by atoms with van der Waals surface area (Å²) in [7, 11) is 0. The highest BCUT2D eigenvalue weighted by molar-refractivity contribution is 9.10. The molecule has 21 heavy (non-hydrogen) atoms.